The molecule has 3 N–H and O–H groups in total. The van der Waals surface area contributed by atoms with E-state index >= 15 is 0 Å². The zero-order valence-electron chi connectivity index (χ0n) is 12.1. The van der Waals surface area contributed by atoms with E-state index in [1.54, 1.807) is 25.3 Å². The topological polar surface area (TPSA) is 73.6 Å². The standard InChI is InChI=1S/C16H18N2O3/c1-20-13-5-3-4-11(8-13)10-18-15-7-6-12(17)9-14(15)16(19)21-2/h3-9,18H,10,17H2,1-2H3. The van der Waals surface area contributed by atoms with Crippen LogP contribution in [0.25, 0.3) is 0 Å². The first-order valence-corrected chi connectivity index (χ1v) is 6.48. The van der Waals surface area contributed by atoms with Crippen LogP contribution in [0, 0.1) is 0 Å². The molecule has 0 spiro atoms. The Balaban J connectivity index is 2.17. The molecule has 0 amide bonds. The van der Waals surface area contributed by atoms with E-state index in [1.807, 2.05) is 24.3 Å². The summed E-state index contributed by atoms with van der Waals surface area (Å²) in [6.07, 6.45) is 0. The van der Waals surface area contributed by atoms with E-state index in [0.717, 1.165) is 11.3 Å². The Morgan fingerprint density at radius 3 is 2.71 bits per heavy atom. The SMILES string of the molecule is COC(=O)c1cc(N)ccc1NCc1cccc(OC)c1. The third-order valence-corrected chi connectivity index (χ3v) is 3.07. The molecule has 0 aromatic heterocycles. The van der Waals surface area contributed by atoms with Crippen molar-refractivity contribution in [3.63, 3.8) is 0 Å². The fraction of sp³-hybridized carbons (Fsp3) is 0.188. The van der Waals surface area contributed by atoms with Crippen molar-refractivity contribution in [1.29, 1.82) is 0 Å². The summed E-state index contributed by atoms with van der Waals surface area (Å²) in [6.45, 7) is 0.561. The lowest BCUT2D eigenvalue weighted by Crippen LogP contribution is -2.09. The van der Waals surface area contributed by atoms with Gasteiger partial charge < -0.3 is 20.5 Å². The Morgan fingerprint density at radius 2 is 2.00 bits per heavy atom. The van der Waals surface area contributed by atoms with Gasteiger partial charge in [-0.25, -0.2) is 4.79 Å². The zero-order chi connectivity index (χ0) is 15.2. The molecule has 0 atom stereocenters. The van der Waals surface area contributed by atoms with Crippen molar-refractivity contribution in [2.24, 2.45) is 0 Å². The molecule has 0 fully saturated rings. The number of nitrogens with one attached hydrogen (secondary N) is 1. The highest BCUT2D eigenvalue weighted by Gasteiger charge is 2.12. The largest absolute Gasteiger partial charge is 0.497 e. The molecule has 0 unspecified atom stereocenters. The van der Waals surface area contributed by atoms with Crippen LogP contribution < -0.4 is 15.8 Å². The van der Waals surface area contributed by atoms with Gasteiger partial charge in [0.2, 0.25) is 0 Å². The highest BCUT2D eigenvalue weighted by molar-refractivity contribution is 5.96. The van der Waals surface area contributed by atoms with Crippen LogP contribution in [0.3, 0.4) is 0 Å². The number of nitrogens with two attached hydrogens (primary N) is 1. The van der Waals surface area contributed by atoms with Gasteiger partial charge in [-0.2, -0.15) is 0 Å². The number of methoxy groups -OCH3 is 2. The highest BCUT2D eigenvalue weighted by atomic mass is 16.5. The lowest BCUT2D eigenvalue weighted by Gasteiger charge is -2.12. The molecule has 0 aliphatic heterocycles. The number of esters is 1. The molecule has 21 heavy (non-hydrogen) atoms. The number of carbonyl (C=O) groups excluding carboxylic acids is 1. The van der Waals surface area contributed by atoms with Gasteiger partial charge in [-0.05, 0) is 35.9 Å². The Kier molecular flexibility index (Phi) is 4.66. The molecule has 110 valence electrons. The van der Waals surface area contributed by atoms with Crippen LogP contribution in [-0.2, 0) is 11.3 Å². The number of rotatable bonds is 5. The molecule has 0 radical (unpaired) electrons. The Labute approximate surface area is 123 Å². The second kappa shape index (κ2) is 6.65. The second-order valence-corrected chi connectivity index (χ2v) is 4.50. The second-order valence-electron chi connectivity index (χ2n) is 4.50. The van der Waals surface area contributed by atoms with Crippen LogP contribution in [0.2, 0.25) is 0 Å². The van der Waals surface area contributed by atoms with Gasteiger partial charge >= 0.3 is 5.97 Å². The Hall–Kier alpha value is -2.69. The molecular formula is C16H18N2O3. The third-order valence-electron chi connectivity index (χ3n) is 3.07. The number of hydrogen-bond acceptors (Lipinski definition) is 5. The summed E-state index contributed by atoms with van der Waals surface area (Å²) < 4.78 is 9.95. The average molecular weight is 286 g/mol. The normalized spacial score (nSPS) is 10.0. The van der Waals surface area contributed by atoms with Crippen LogP contribution in [0.5, 0.6) is 5.75 Å². The summed E-state index contributed by atoms with van der Waals surface area (Å²) in [6, 6.07) is 12.8. The molecule has 5 nitrogen and oxygen atoms in total. The van der Waals surface area contributed by atoms with E-state index < -0.39 is 5.97 Å². The van der Waals surface area contributed by atoms with Gasteiger partial charge in [0.15, 0.2) is 0 Å². The molecule has 0 heterocycles. The zero-order valence-corrected chi connectivity index (χ0v) is 12.1. The van der Waals surface area contributed by atoms with Crippen LogP contribution >= 0.6 is 0 Å². The summed E-state index contributed by atoms with van der Waals surface area (Å²) in [4.78, 5) is 11.8. The van der Waals surface area contributed by atoms with Crippen molar-refractivity contribution in [1.82, 2.24) is 0 Å². The van der Waals surface area contributed by atoms with Gasteiger partial charge in [-0.3, -0.25) is 0 Å². The monoisotopic (exact) mass is 286 g/mol. The molecule has 0 saturated heterocycles. The van der Waals surface area contributed by atoms with Gasteiger partial charge in [0, 0.05) is 17.9 Å². The first-order chi connectivity index (χ1) is 10.1. The number of hydrogen-bond donors (Lipinski definition) is 2. The van der Waals surface area contributed by atoms with Gasteiger partial charge in [-0.1, -0.05) is 12.1 Å². The van der Waals surface area contributed by atoms with Gasteiger partial charge in [0.25, 0.3) is 0 Å². The minimum atomic E-state index is -0.421. The molecule has 2 rings (SSSR count). The Morgan fingerprint density at radius 1 is 1.19 bits per heavy atom. The van der Waals surface area contributed by atoms with Crippen LogP contribution in [0.15, 0.2) is 42.5 Å². The fourth-order valence-corrected chi connectivity index (χ4v) is 1.97. The van der Waals surface area contributed by atoms with E-state index in [0.29, 0.717) is 23.5 Å². The van der Waals surface area contributed by atoms with E-state index in [9.17, 15) is 4.79 Å². The molecule has 0 aliphatic rings. The van der Waals surface area contributed by atoms with Gasteiger partial charge in [-0.15, -0.1) is 0 Å². The van der Waals surface area contributed by atoms with Crippen LogP contribution in [0.4, 0.5) is 11.4 Å². The van der Waals surface area contributed by atoms with Crippen molar-refractivity contribution in [2.45, 2.75) is 6.54 Å². The van der Waals surface area contributed by atoms with Gasteiger partial charge in [0.05, 0.1) is 19.8 Å². The molecule has 2 aromatic carbocycles. The lowest BCUT2D eigenvalue weighted by molar-refractivity contribution is 0.0602. The van der Waals surface area contributed by atoms with E-state index in [1.165, 1.54) is 7.11 Å². The third kappa shape index (κ3) is 3.66. The maximum absolute atomic E-state index is 11.8. The quantitative estimate of drug-likeness (QED) is 0.653. The van der Waals surface area contributed by atoms with E-state index in [-0.39, 0.29) is 0 Å². The number of benzene rings is 2. The molecule has 0 saturated carbocycles. The minimum absolute atomic E-state index is 0.417. The van der Waals surface area contributed by atoms with E-state index in [2.05, 4.69) is 5.32 Å². The van der Waals surface area contributed by atoms with Crippen molar-refractivity contribution in [3.05, 3.63) is 53.6 Å². The van der Waals surface area contributed by atoms with Crippen molar-refractivity contribution < 1.29 is 14.3 Å². The molecule has 0 bridgehead atoms. The number of anilines is 2. The van der Waals surface area contributed by atoms with Gasteiger partial charge in [0.1, 0.15) is 5.75 Å². The van der Waals surface area contributed by atoms with Crippen molar-refractivity contribution >= 4 is 17.3 Å². The molecule has 2 aromatic rings. The predicted molar refractivity (Wildman–Crippen MR) is 82.5 cm³/mol. The minimum Gasteiger partial charge on any atom is -0.497 e. The summed E-state index contributed by atoms with van der Waals surface area (Å²) in [5, 5.41) is 3.21. The molecular weight excluding hydrogens is 268 g/mol. The summed E-state index contributed by atoms with van der Waals surface area (Å²) in [5.41, 5.74) is 8.37. The van der Waals surface area contributed by atoms with E-state index in [4.69, 9.17) is 15.2 Å². The smallest absolute Gasteiger partial charge is 0.340 e. The maximum Gasteiger partial charge on any atom is 0.340 e. The van der Waals surface area contributed by atoms with Crippen molar-refractivity contribution in [2.75, 3.05) is 25.3 Å². The maximum atomic E-state index is 11.8. The number of ether oxygens (including phenoxy) is 2. The first-order valence-electron chi connectivity index (χ1n) is 6.48. The fourth-order valence-electron chi connectivity index (χ4n) is 1.97. The Bertz CT molecular complexity index is 641. The lowest BCUT2D eigenvalue weighted by atomic mass is 10.1. The summed E-state index contributed by atoms with van der Waals surface area (Å²) >= 11 is 0. The summed E-state index contributed by atoms with van der Waals surface area (Å²) in [5.74, 6) is 0.371. The van der Waals surface area contributed by atoms with Crippen LogP contribution in [-0.4, -0.2) is 20.2 Å². The van der Waals surface area contributed by atoms with Crippen LogP contribution in [0.1, 0.15) is 15.9 Å². The molecule has 5 heteroatoms. The first kappa shape index (κ1) is 14.7. The predicted octanol–water partition coefficient (Wildman–Crippen LogP) is 2.68. The highest BCUT2D eigenvalue weighted by Crippen LogP contribution is 2.21. The molecule has 0 aliphatic carbocycles. The van der Waals surface area contributed by atoms with Crippen molar-refractivity contribution in [3.8, 4) is 5.75 Å². The number of carbonyl (C=O) groups is 1. The average Bonchev–Trinajstić information content (AvgIpc) is 2.53. The number of nitrogen functional groups attached to an aromatic ring is 1. The summed E-state index contributed by atoms with van der Waals surface area (Å²) in [7, 11) is 2.97.